The standard InChI is InChI=1S/C42H69N3O8/c1-13-28(6)39(44(10)41(49)32(26(2)3)24-35(47)38(27(4)5)43(8)9)36(52-11)25-37(48)45-21-17-20-33(45)40(53-12)29(7)34(46)23-31(42(50)51)22-30-18-15-14-16-19-30/h14-16,18-19,26-29,31-33,36,38-40H,13,17,20-25H2,1-12H3,(H,50,51)/t28-,29-,31+,32-,33-,36+,38-,39?,40?/m0/s1. The van der Waals surface area contributed by atoms with E-state index in [4.69, 9.17) is 9.47 Å². The number of carboxylic acids is 1. The number of Topliss-reactive ketones (excluding diaryl/α,β-unsaturated/α-hetero) is 2. The fourth-order valence-corrected chi connectivity index (χ4v) is 8.38. The Balaban J connectivity index is 2.27. The molecular formula is C42H69N3O8. The highest BCUT2D eigenvalue weighted by molar-refractivity contribution is 5.90. The van der Waals surface area contributed by atoms with Crippen LogP contribution in [-0.4, -0.2) is 121 Å². The van der Waals surface area contributed by atoms with E-state index in [9.17, 15) is 29.1 Å². The second-order valence-corrected chi connectivity index (χ2v) is 16.2. The molecule has 11 nitrogen and oxygen atoms in total. The molecule has 9 atom stereocenters. The van der Waals surface area contributed by atoms with E-state index < -0.39 is 42.0 Å². The first-order chi connectivity index (χ1) is 24.9. The van der Waals surface area contributed by atoms with Gasteiger partial charge in [0, 0.05) is 52.5 Å². The number of ether oxygens (including phenoxy) is 2. The average molecular weight is 744 g/mol. The molecule has 2 rings (SSSR count). The third-order valence-corrected chi connectivity index (χ3v) is 11.5. The number of methoxy groups -OCH3 is 2. The highest BCUT2D eigenvalue weighted by Gasteiger charge is 2.43. The zero-order valence-electron chi connectivity index (χ0n) is 34.5. The van der Waals surface area contributed by atoms with Gasteiger partial charge in [-0.05, 0) is 56.7 Å². The van der Waals surface area contributed by atoms with Crippen molar-refractivity contribution in [1.82, 2.24) is 14.7 Å². The third kappa shape index (κ3) is 12.4. The summed E-state index contributed by atoms with van der Waals surface area (Å²) < 4.78 is 11.9. The highest BCUT2D eigenvalue weighted by atomic mass is 16.5. The molecule has 0 aliphatic carbocycles. The largest absolute Gasteiger partial charge is 0.481 e. The molecule has 2 unspecified atom stereocenters. The van der Waals surface area contributed by atoms with Crippen LogP contribution in [-0.2, 0) is 39.9 Å². The molecule has 1 aromatic carbocycles. The van der Waals surface area contributed by atoms with Gasteiger partial charge >= 0.3 is 5.97 Å². The first-order valence-electron chi connectivity index (χ1n) is 19.5. The fourth-order valence-electron chi connectivity index (χ4n) is 8.38. The molecule has 1 aliphatic heterocycles. The van der Waals surface area contributed by atoms with Crippen molar-refractivity contribution in [3.05, 3.63) is 35.9 Å². The number of likely N-dealkylation sites (N-methyl/N-ethyl adjacent to an activating group) is 2. The van der Waals surface area contributed by atoms with E-state index in [-0.39, 0.29) is 78.9 Å². The summed E-state index contributed by atoms with van der Waals surface area (Å²) in [6.07, 6.45) is 1.17. The highest BCUT2D eigenvalue weighted by Crippen LogP contribution is 2.32. The minimum atomic E-state index is -1.02. The maximum atomic E-state index is 14.3. The van der Waals surface area contributed by atoms with Gasteiger partial charge in [0.15, 0.2) is 5.78 Å². The summed E-state index contributed by atoms with van der Waals surface area (Å²) in [6, 6.07) is 8.18. The fraction of sp³-hybridized carbons (Fsp3) is 0.738. The lowest BCUT2D eigenvalue weighted by molar-refractivity contribution is -0.149. The second kappa shape index (κ2) is 21.7. The van der Waals surface area contributed by atoms with Crippen LogP contribution in [0.2, 0.25) is 0 Å². The van der Waals surface area contributed by atoms with Crippen molar-refractivity contribution in [3.8, 4) is 0 Å². The Morgan fingerprint density at radius 2 is 1.49 bits per heavy atom. The molecule has 0 bridgehead atoms. The minimum Gasteiger partial charge on any atom is -0.481 e. The van der Waals surface area contributed by atoms with E-state index in [1.165, 1.54) is 7.11 Å². The normalized spacial score (nSPS) is 19.4. The minimum absolute atomic E-state index is 0.00721. The van der Waals surface area contributed by atoms with Crippen LogP contribution in [0.1, 0.15) is 92.6 Å². The van der Waals surface area contributed by atoms with Crippen molar-refractivity contribution in [1.29, 1.82) is 0 Å². The van der Waals surface area contributed by atoms with Crippen molar-refractivity contribution in [2.45, 2.75) is 124 Å². The van der Waals surface area contributed by atoms with Gasteiger partial charge in [-0.25, -0.2) is 0 Å². The molecule has 1 aliphatic rings. The molecule has 11 heteroatoms. The Morgan fingerprint density at radius 3 is 1.98 bits per heavy atom. The maximum absolute atomic E-state index is 14.3. The number of amides is 2. The van der Waals surface area contributed by atoms with Gasteiger partial charge in [-0.3, -0.25) is 28.9 Å². The van der Waals surface area contributed by atoms with Crippen molar-refractivity contribution >= 4 is 29.4 Å². The Kier molecular flexibility index (Phi) is 18.8. The summed E-state index contributed by atoms with van der Waals surface area (Å²) in [4.78, 5) is 73.1. The van der Waals surface area contributed by atoms with Crippen LogP contribution in [0.4, 0.5) is 0 Å². The van der Waals surface area contributed by atoms with Gasteiger partial charge in [0.25, 0.3) is 0 Å². The monoisotopic (exact) mass is 744 g/mol. The van der Waals surface area contributed by atoms with Gasteiger partial charge in [-0.15, -0.1) is 0 Å². The molecule has 1 fully saturated rings. The number of nitrogens with zero attached hydrogens (tertiary/aromatic N) is 3. The predicted octanol–water partition coefficient (Wildman–Crippen LogP) is 5.63. The van der Waals surface area contributed by atoms with Gasteiger partial charge in [-0.1, -0.05) is 85.2 Å². The van der Waals surface area contributed by atoms with Crippen LogP contribution in [0.15, 0.2) is 30.3 Å². The number of aliphatic carboxylic acids is 1. The van der Waals surface area contributed by atoms with E-state index in [1.807, 2.05) is 83.9 Å². The molecule has 2 amide bonds. The van der Waals surface area contributed by atoms with Gasteiger partial charge in [0.1, 0.15) is 5.78 Å². The van der Waals surface area contributed by atoms with E-state index in [1.54, 1.807) is 30.9 Å². The number of carbonyl (C=O) groups is 5. The third-order valence-electron chi connectivity index (χ3n) is 11.5. The molecule has 1 saturated heterocycles. The molecule has 53 heavy (non-hydrogen) atoms. The van der Waals surface area contributed by atoms with Crippen LogP contribution in [0.25, 0.3) is 0 Å². The Morgan fingerprint density at radius 1 is 0.868 bits per heavy atom. The summed E-state index contributed by atoms with van der Waals surface area (Å²) in [5.74, 6) is -3.49. The lowest BCUT2D eigenvalue weighted by Gasteiger charge is -2.41. The number of carboxylic acid groups (broad SMARTS) is 1. The molecule has 1 N–H and O–H groups in total. The molecule has 0 aromatic heterocycles. The SMILES string of the molecule is CC[C@H](C)C([C@@H](CC(=O)N1CCC[C@H]1C(OC)[C@@H](C)C(=O)C[C@@H](Cc1ccccc1)C(=O)O)OC)N(C)C(=O)[C@@H](CC(=O)[C@H](C(C)C)N(C)C)C(C)C. The van der Waals surface area contributed by atoms with Crippen molar-refractivity contribution in [3.63, 3.8) is 0 Å². The van der Waals surface area contributed by atoms with E-state index in [0.717, 1.165) is 18.4 Å². The molecule has 300 valence electrons. The Bertz CT molecular complexity index is 1330. The molecule has 1 aromatic rings. The number of rotatable bonds is 23. The van der Waals surface area contributed by atoms with Crippen LogP contribution in [0.5, 0.6) is 0 Å². The second-order valence-electron chi connectivity index (χ2n) is 16.2. The number of ketones is 2. The van der Waals surface area contributed by atoms with Crippen LogP contribution >= 0.6 is 0 Å². The predicted molar refractivity (Wildman–Crippen MR) is 207 cm³/mol. The Hall–Kier alpha value is -3.15. The maximum Gasteiger partial charge on any atom is 0.307 e. The van der Waals surface area contributed by atoms with E-state index in [2.05, 4.69) is 6.92 Å². The lowest BCUT2D eigenvalue weighted by Crippen LogP contribution is -2.54. The summed E-state index contributed by atoms with van der Waals surface area (Å²) >= 11 is 0. The van der Waals surface area contributed by atoms with Crippen LogP contribution in [0, 0.1) is 35.5 Å². The number of hydrogen-bond acceptors (Lipinski definition) is 8. The van der Waals surface area contributed by atoms with Gasteiger partial charge in [0.2, 0.25) is 11.8 Å². The van der Waals surface area contributed by atoms with E-state index >= 15 is 0 Å². The van der Waals surface area contributed by atoms with Gasteiger partial charge in [0.05, 0.1) is 42.7 Å². The number of hydrogen-bond donors (Lipinski definition) is 1. The summed E-state index contributed by atoms with van der Waals surface area (Å²) in [7, 11) is 8.63. The number of likely N-dealkylation sites (tertiary alicyclic amines) is 1. The topological polar surface area (TPSA) is 134 Å². The van der Waals surface area contributed by atoms with Gasteiger partial charge < -0.3 is 24.4 Å². The average Bonchev–Trinajstić information content (AvgIpc) is 3.59. The number of carbonyl (C=O) groups excluding carboxylic acids is 4. The summed E-state index contributed by atoms with van der Waals surface area (Å²) in [6.45, 7) is 14.3. The van der Waals surface area contributed by atoms with E-state index in [0.29, 0.717) is 13.0 Å². The van der Waals surface area contributed by atoms with Gasteiger partial charge in [-0.2, -0.15) is 0 Å². The molecule has 1 heterocycles. The van der Waals surface area contributed by atoms with Crippen molar-refractivity contribution < 1.29 is 38.6 Å². The first-order valence-corrected chi connectivity index (χ1v) is 19.5. The molecule has 0 saturated carbocycles. The van der Waals surface area contributed by atoms with Crippen LogP contribution in [0.3, 0.4) is 0 Å². The van der Waals surface area contributed by atoms with Crippen molar-refractivity contribution in [2.75, 3.05) is 41.9 Å². The summed E-state index contributed by atoms with van der Waals surface area (Å²) in [5.41, 5.74) is 0.851. The zero-order valence-corrected chi connectivity index (χ0v) is 34.5. The quantitative estimate of drug-likeness (QED) is 0.152. The smallest absolute Gasteiger partial charge is 0.307 e. The lowest BCUT2D eigenvalue weighted by atomic mass is 9.83. The molecule has 0 spiro atoms. The zero-order chi connectivity index (χ0) is 40.2. The number of benzene rings is 1. The molecule has 0 radical (unpaired) electrons. The van der Waals surface area contributed by atoms with Crippen molar-refractivity contribution in [2.24, 2.45) is 35.5 Å². The summed E-state index contributed by atoms with van der Waals surface area (Å²) in [5, 5.41) is 9.94. The first kappa shape index (κ1) is 46.0. The molecular weight excluding hydrogens is 674 g/mol. The van der Waals surface area contributed by atoms with Crippen LogP contribution < -0.4 is 0 Å². The Labute approximate surface area is 319 Å².